The summed E-state index contributed by atoms with van der Waals surface area (Å²) in [5.41, 5.74) is 28.2. The maximum Gasteiger partial charge on any atom is 0.246 e. The number of benzene rings is 2. The SMILES string of the molecule is COc1ccc(C[C@H](NC(=O)CC2(S)CCCCC2)C(=O)N[C@@H](Cc2ccccc2)C(=O)N[C@@H](CCC(N)=O)C(=O)N[C@@H](CC(N)=O)C(=O)N[C@H](CS)C(=O)N2CCC[C@H]2C(=O)N[C@@H](CCCN=C(N)N)C(=O)NCC(N)=O)cc1. The third-order valence-electron chi connectivity index (χ3n) is 13.4. The fraction of sp³-hybridized carbons (Fsp3) is 0.538. The van der Waals surface area contributed by atoms with Crippen LogP contribution in [0.4, 0.5) is 0 Å². The zero-order valence-corrected chi connectivity index (χ0v) is 46.5. The Hall–Kier alpha value is -7.62. The van der Waals surface area contributed by atoms with Gasteiger partial charge < -0.3 is 75.5 Å². The molecule has 0 radical (unpaired) electrons. The zero-order chi connectivity index (χ0) is 58.9. The highest BCUT2D eigenvalue weighted by Gasteiger charge is 2.40. The number of methoxy groups -OCH3 is 1. The fourth-order valence-electron chi connectivity index (χ4n) is 9.28. The summed E-state index contributed by atoms with van der Waals surface area (Å²) in [5, 5.41) is 18.0. The van der Waals surface area contributed by atoms with Gasteiger partial charge in [0.2, 0.25) is 65.0 Å². The number of hydrogen-bond acceptors (Lipinski definition) is 15. The Morgan fingerprint density at radius 2 is 1.21 bits per heavy atom. The Morgan fingerprint density at radius 1 is 0.650 bits per heavy atom. The summed E-state index contributed by atoms with van der Waals surface area (Å²) in [6, 6.07) is 5.62. The smallest absolute Gasteiger partial charge is 0.246 e. The van der Waals surface area contributed by atoms with Gasteiger partial charge in [0.05, 0.1) is 20.1 Å². The van der Waals surface area contributed by atoms with Crippen molar-refractivity contribution in [1.82, 2.24) is 42.1 Å². The topological polar surface area (TPSA) is 427 Å². The Kier molecular flexibility index (Phi) is 26.3. The van der Waals surface area contributed by atoms with E-state index in [0.717, 1.165) is 19.3 Å². The van der Waals surface area contributed by atoms with Crippen molar-refractivity contribution in [3.63, 3.8) is 0 Å². The van der Waals surface area contributed by atoms with Gasteiger partial charge in [0.1, 0.15) is 48.0 Å². The minimum atomic E-state index is -1.79. The summed E-state index contributed by atoms with van der Waals surface area (Å²) in [6.07, 6.45) is 3.25. The quantitative estimate of drug-likeness (QED) is 0.0152. The van der Waals surface area contributed by atoms with Crippen molar-refractivity contribution in [2.24, 2.45) is 33.7 Å². The number of ether oxygens (including phenoxy) is 1. The average molecular weight is 1150 g/mol. The highest BCUT2D eigenvalue weighted by atomic mass is 32.1. The number of primary amides is 3. The molecular formula is C52H76N14O12S2. The molecule has 2 aromatic carbocycles. The van der Waals surface area contributed by atoms with E-state index in [9.17, 15) is 52.7 Å². The molecule has 28 heteroatoms. The average Bonchev–Trinajstić information content (AvgIpc) is 3.92. The van der Waals surface area contributed by atoms with Crippen LogP contribution in [-0.2, 0) is 65.6 Å². The fourth-order valence-corrected chi connectivity index (χ4v) is 9.99. The summed E-state index contributed by atoms with van der Waals surface area (Å²) in [5.74, 6) is -9.23. The van der Waals surface area contributed by atoms with Gasteiger partial charge in [-0.15, -0.1) is 0 Å². The minimum absolute atomic E-state index is 0.00630. The van der Waals surface area contributed by atoms with E-state index < -0.39 is 138 Å². The predicted molar refractivity (Wildman–Crippen MR) is 301 cm³/mol. The molecule has 1 aliphatic carbocycles. The van der Waals surface area contributed by atoms with Gasteiger partial charge in [-0.2, -0.15) is 25.3 Å². The van der Waals surface area contributed by atoms with Crippen molar-refractivity contribution in [2.75, 3.05) is 32.5 Å². The number of nitrogens with two attached hydrogens (primary N) is 5. The second-order valence-electron chi connectivity index (χ2n) is 19.8. The molecular weight excluding hydrogens is 1080 g/mol. The number of nitrogens with zero attached hydrogens (tertiary/aromatic N) is 2. The number of aliphatic imine (C=N–C) groups is 1. The molecule has 0 unspecified atom stereocenters. The number of carbonyl (C=O) groups is 11. The van der Waals surface area contributed by atoms with Crippen molar-refractivity contribution in [2.45, 2.75) is 143 Å². The molecule has 4 rings (SSSR count). The third kappa shape index (κ3) is 21.9. The predicted octanol–water partition coefficient (Wildman–Crippen LogP) is -2.87. The lowest BCUT2D eigenvalue weighted by Crippen LogP contribution is -2.61. The number of thiol groups is 2. The minimum Gasteiger partial charge on any atom is -0.497 e. The maximum atomic E-state index is 14.5. The summed E-state index contributed by atoms with van der Waals surface area (Å²) >= 11 is 9.12. The molecule has 438 valence electrons. The first-order chi connectivity index (χ1) is 38.0. The summed E-state index contributed by atoms with van der Waals surface area (Å²) in [4.78, 5) is 153. The molecule has 2 fully saturated rings. The lowest BCUT2D eigenvalue weighted by atomic mass is 9.85. The van der Waals surface area contributed by atoms with E-state index in [0.29, 0.717) is 36.1 Å². The lowest BCUT2D eigenvalue weighted by molar-refractivity contribution is -0.142. The maximum absolute atomic E-state index is 14.5. The molecule has 17 N–H and O–H groups in total. The largest absolute Gasteiger partial charge is 0.497 e. The van der Waals surface area contributed by atoms with Gasteiger partial charge in [-0.25, -0.2) is 0 Å². The first kappa shape index (κ1) is 64.9. The van der Waals surface area contributed by atoms with Crippen molar-refractivity contribution in [3.8, 4) is 5.75 Å². The first-order valence-electron chi connectivity index (χ1n) is 26.3. The van der Waals surface area contributed by atoms with Crippen LogP contribution in [0.25, 0.3) is 0 Å². The normalized spacial score (nSPS) is 16.8. The molecule has 7 atom stereocenters. The molecule has 1 aliphatic heterocycles. The van der Waals surface area contributed by atoms with Crippen molar-refractivity contribution in [3.05, 3.63) is 65.7 Å². The highest BCUT2D eigenvalue weighted by Crippen LogP contribution is 2.36. The third-order valence-corrected chi connectivity index (χ3v) is 14.4. The molecule has 1 saturated heterocycles. The Balaban J connectivity index is 1.55. The zero-order valence-electron chi connectivity index (χ0n) is 44.7. The number of likely N-dealkylation sites (tertiary alicyclic amines) is 1. The van der Waals surface area contributed by atoms with Crippen molar-refractivity contribution in [1.29, 1.82) is 0 Å². The Bertz CT molecular complexity index is 2530. The molecule has 80 heavy (non-hydrogen) atoms. The molecule has 1 saturated carbocycles. The molecule has 2 aromatic rings. The second-order valence-corrected chi connectivity index (χ2v) is 21.1. The van der Waals surface area contributed by atoms with E-state index >= 15 is 0 Å². The van der Waals surface area contributed by atoms with Crippen LogP contribution < -0.4 is 70.6 Å². The molecule has 0 aromatic heterocycles. The summed E-state index contributed by atoms with van der Waals surface area (Å²) in [6.45, 7) is -0.360. The van der Waals surface area contributed by atoms with E-state index in [-0.39, 0.29) is 63.3 Å². The Morgan fingerprint density at radius 3 is 1.80 bits per heavy atom. The van der Waals surface area contributed by atoms with E-state index in [1.54, 1.807) is 54.6 Å². The van der Waals surface area contributed by atoms with Crippen LogP contribution in [0.3, 0.4) is 0 Å². The lowest BCUT2D eigenvalue weighted by Gasteiger charge is -2.32. The first-order valence-corrected chi connectivity index (χ1v) is 27.4. The van der Waals surface area contributed by atoms with Gasteiger partial charge in [-0.1, -0.05) is 61.7 Å². The summed E-state index contributed by atoms with van der Waals surface area (Å²) in [7, 11) is 1.50. The highest BCUT2D eigenvalue weighted by molar-refractivity contribution is 7.81. The van der Waals surface area contributed by atoms with Crippen LogP contribution in [0.5, 0.6) is 5.75 Å². The van der Waals surface area contributed by atoms with Crippen molar-refractivity contribution >= 4 is 96.2 Å². The van der Waals surface area contributed by atoms with E-state index in [4.69, 9.17) is 46.0 Å². The second kappa shape index (κ2) is 32.5. The van der Waals surface area contributed by atoms with Gasteiger partial charge in [-0.05, 0) is 68.2 Å². The number of guanidine groups is 1. The van der Waals surface area contributed by atoms with Gasteiger partial charge in [0.25, 0.3) is 0 Å². The number of nitrogens with one attached hydrogen (secondary N) is 7. The molecule has 0 spiro atoms. The number of hydrogen-bond donors (Lipinski definition) is 14. The molecule has 11 amide bonds. The molecule has 0 bridgehead atoms. The molecule has 2 aliphatic rings. The number of rotatable bonds is 32. The van der Waals surface area contributed by atoms with E-state index in [2.05, 4.69) is 54.8 Å². The number of amides is 11. The van der Waals surface area contributed by atoms with Crippen LogP contribution in [0.2, 0.25) is 0 Å². The van der Waals surface area contributed by atoms with Crippen molar-refractivity contribution < 1.29 is 57.5 Å². The van der Waals surface area contributed by atoms with Gasteiger partial charge in [0.15, 0.2) is 5.96 Å². The van der Waals surface area contributed by atoms with Crippen LogP contribution in [0.15, 0.2) is 59.6 Å². The van der Waals surface area contributed by atoms with Gasteiger partial charge in [0, 0.05) is 49.3 Å². The summed E-state index contributed by atoms with van der Waals surface area (Å²) < 4.78 is 4.72. The van der Waals surface area contributed by atoms with Crippen LogP contribution in [-0.4, -0.2) is 155 Å². The van der Waals surface area contributed by atoms with E-state index in [1.165, 1.54) is 12.0 Å². The molecule has 26 nitrogen and oxygen atoms in total. The Labute approximate surface area is 474 Å². The van der Waals surface area contributed by atoms with Crippen LogP contribution >= 0.6 is 25.3 Å². The molecule has 1 heterocycles. The van der Waals surface area contributed by atoms with E-state index in [1.807, 2.05) is 0 Å². The standard InChI is InChI=1S/C52H76N14O12S2/c1-78-32-16-14-31(15-17-32)25-35(60-43(70)27-52(80)20-6-3-7-21-52)46(73)63-36(24-30-10-4-2-5-11-30)47(74)61-34(18-19-40(53)67)45(72)64-37(26-41(54)68)48(75)65-38(29-79)50(77)66-23-9-13-39(66)49(76)62-33(12-8-22-58-51(56)57)44(71)59-28-42(55)69/h2,4-5,10-11,14-17,33-39,79-80H,3,6-9,12-13,18-29H2,1H3,(H2,53,67)(H2,54,68)(H2,55,69)(H,59,71)(H,60,70)(H,61,74)(H,62,76)(H,63,73)(H,64,72)(H,65,75)(H4,56,57,58)/t33-,34-,35-,36-,37-,38+,39-/m0/s1. The van der Waals surface area contributed by atoms with Crippen LogP contribution in [0.1, 0.15) is 94.6 Å². The monoisotopic (exact) mass is 1150 g/mol. The van der Waals surface area contributed by atoms with Crippen LogP contribution in [0, 0.1) is 0 Å². The van der Waals surface area contributed by atoms with Gasteiger partial charge >= 0.3 is 0 Å². The van der Waals surface area contributed by atoms with Gasteiger partial charge in [-0.3, -0.25) is 57.7 Å². The number of carbonyl (C=O) groups excluding carboxylic acids is 11.